The van der Waals surface area contributed by atoms with Gasteiger partial charge in [-0.3, -0.25) is 0 Å². The fourth-order valence-corrected chi connectivity index (χ4v) is 2.46. The maximum Gasteiger partial charge on any atom is 0.119 e. The highest BCUT2D eigenvalue weighted by molar-refractivity contribution is 5.35. The Morgan fingerprint density at radius 1 is 1.00 bits per heavy atom. The maximum absolute atomic E-state index is 5.83. The van der Waals surface area contributed by atoms with E-state index in [0.717, 1.165) is 31.1 Å². The number of ether oxygens (including phenoxy) is 1. The molecule has 1 fully saturated rings. The zero-order chi connectivity index (χ0) is 13.8. The molecule has 0 amide bonds. The molecular weight excluding hydrogens is 244 g/mol. The van der Waals surface area contributed by atoms with Gasteiger partial charge in [-0.05, 0) is 67.3 Å². The van der Waals surface area contributed by atoms with Gasteiger partial charge in [0, 0.05) is 0 Å². The molecule has 1 aliphatic rings. The summed E-state index contributed by atoms with van der Waals surface area (Å²) in [5.41, 5.74) is 4.17. The maximum atomic E-state index is 5.83. The van der Waals surface area contributed by atoms with E-state index in [0.29, 0.717) is 0 Å². The van der Waals surface area contributed by atoms with Crippen molar-refractivity contribution in [2.24, 2.45) is 5.92 Å². The van der Waals surface area contributed by atoms with Crippen LogP contribution in [0.3, 0.4) is 0 Å². The topological polar surface area (TPSA) is 9.23 Å². The molecule has 104 valence electrons. The van der Waals surface area contributed by atoms with E-state index in [2.05, 4.69) is 55.5 Å². The molecule has 1 nitrogen and oxygen atoms in total. The van der Waals surface area contributed by atoms with Crippen molar-refractivity contribution in [1.29, 1.82) is 0 Å². The third-order valence-electron chi connectivity index (χ3n) is 4.02. The Labute approximate surface area is 121 Å². The average Bonchev–Trinajstić information content (AvgIpc) is 3.29. The van der Waals surface area contributed by atoms with E-state index in [1.807, 2.05) is 0 Å². The molecule has 2 aromatic carbocycles. The predicted molar refractivity (Wildman–Crippen MR) is 83.2 cm³/mol. The van der Waals surface area contributed by atoms with E-state index in [4.69, 9.17) is 4.74 Å². The van der Waals surface area contributed by atoms with Crippen LogP contribution < -0.4 is 4.74 Å². The van der Waals surface area contributed by atoms with Gasteiger partial charge in [0.15, 0.2) is 0 Å². The molecule has 0 atom stereocenters. The SMILES string of the molecule is Cc1cc(OCC2CC2)ccc1CCc1ccccc1. The van der Waals surface area contributed by atoms with Gasteiger partial charge in [-0.15, -0.1) is 0 Å². The van der Waals surface area contributed by atoms with E-state index in [1.165, 1.54) is 29.5 Å². The van der Waals surface area contributed by atoms with Crippen molar-refractivity contribution in [3.63, 3.8) is 0 Å². The molecule has 1 heteroatoms. The fourth-order valence-electron chi connectivity index (χ4n) is 2.46. The minimum atomic E-state index is 0.813. The van der Waals surface area contributed by atoms with Crippen molar-refractivity contribution in [2.75, 3.05) is 6.61 Å². The Morgan fingerprint density at radius 3 is 2.50 bits per heavy atom. The summed E-state index contributed by atoms with van der Waals surface area (Å²) in [6.07, 6.45) is 4.88. The lowest BCUT2D eigenvalue weighted by Gasteiger charge is -2.10. The zero-order valence-electron chi connectivity index (χ0n) is 12.1. The average molecular weight is 266 g/mol. The third-order valence-corrected chi connectivity index (χ3v) is 4.02. The number of rotatable bonds is 6. The number of hydrogen-bond donors (Lipinski definition) is 0. The van der Waals surface area contributed by atoms with Crippen LogP contribution in [0.2, 0.25) is 0 Å². The van der Waals surface area contributed by atoms with E-state index in [-0.39, 0.29) is 0 Å². The second-order valence-electron chi connectivity index (χ2n) is 5.83. The number of benzene rings is 2. The van der Waals surface area contributed by atoms with Gasteiger partial charge < -0.3 is 4.74 Å². The first-order valence-electron chi connectivity index (χ1n) is 7.57. The molecule has 1 aliphatic carbocycles. The first-order chi connectivity index (χ1) is 9.81. The van der Waals surface area contributed by atoms with Crippen molar-refractivity contribution >= 4 is 0 Å². The van der Waals surface area contributed by atoms with Crippen LogP contribution in [0.25, 0.3) is 0 Å². The van der Waals surface area contributed by atoms with Gasteiger partial charge >= 0.3 is 0 Å². The van der Waals surface area contributed by atoms with Crippen LogP contribution in [-0.4, -0.2) is 6.61 Å². The van der Waals surface area contributed by atoms with E-state index in [9.17, 15) is 0 Å². The summed E-state index contributed by atoms with van der Waals surface area (Å²) in [7, 11) is 0. The van der Waals surface area contributed by atoms with Crippen LogP contribution in [0.5, 0.6) is 5.75 Å². The molecule has 0 aliphatic heterocycles. The molecule has 0 radical (unpaired) electrons. The predicted octanol–water partition coefficient (Wildman–Crippen LogP) is 4.57. The Balaban J connectivity index is 1.58. The molecule has 0 unspecified atom stereocenters. The van der Waals surface area contributed by atoms with Crippen molar-refractivity contribution in [1.82, 2.24) is 0 Å². The normalized spacial score (nSPS) is 14.2. The summed E-state index contributed by atoms with van der Waals surface area (Å²) >= 11 is 0. The quantitative estimate of drug-likeness (QED) is 0.744. The first-order valence-corrected chi connectivity index (χ1v) is 7.57. The molecule has 0 saturated heterocycles. The van der Waals surface area contributed by atoms with Gasteiger partial charge in [-0.2, -0.15) is 0 Å². The third kappa shape index (κ3) is 3.63. The highest BCUT2D eigenvalue weighted by Crippen LogP contribution is 2.30. The van der Waals surface area contributed by atoms with Crippen LogP contribution in [-0.2, 0) is 12.8 Å². The molecule has 2 aromatic rings. The van der Waals surface area contributed by atoms with Gasteiger partial charge in [0.05, 0.1) is 6.61 Å². The second kappa shape index (κ2) is 6.13. The lowest BCUT2D eigenvalue weighted by Crippen LogP contribution is -2.00. The van der Waals surface area contributed by atoms with E-state index in [1.54, 1.807) is 0 Å². The second-order valence-corrected chi connectivity index (χ2v) is 5.83. The van der Waals surface area contributed by atoms with E-state index < -0.39 is 0 Å². The van der Waals surface area contributed by atoms with Crippen LogP contribution >= 0.6 is 0 Å². The van der Waals surface area contributed by atoms with Crippen LogP contribution in [0.1, 0.15) is 29.5 Å². The summed E-state index contributed by atoms with van der Waals surface area (Å²) in [5, 5.41) is 0. The van der Waals surface area contributed by atoms with Crippen LogP contribution in [0.15, 0.2) is 48.5 Å². The van der Waals surface area contributed by atoms with Gasteiger partial charge in [0.1, 0.15) is 5.75 Å². The Morgan fingerprint density at radius 2 is 1.80 bits per heavy atom. The van der Waals surface area contributed by atoms with Gasteiger partial charge in [-0.1, -0.05) is 36.4 Å². The highest BCUT2D eigenvalue weighted by Gasteiger charge is 2.21. The van der Waals surface area contributed by atoms with Gasteiger partial charge in [0.25, 0.3) is 0 Å². The van der Waals surface area contributed by atoms with Crippen LogP contribution in [0, 0.1) is 12.8 Å². The van der Waals surface area contributed by atoms with Gasteiger partial charge in [-0.25, -0.2) is 0 Å². The molecule has 1 saturated carbocycles. The Hall–Kier alpha value is -1.76. The van der Waals surface area contributed by atoms with Gasteiger partial charge in [0.2, 0.25) is 0 Å². The largest absolute Gasteiger partial charge is 0.493 e. The molecular formula is C19H22O. The van der Waals surface area contributed by atoms with Crippen molar-refractivity contribution in [2.45, 2.75) is 32.6 Å². The molecule has 20 heavy (non-hydrogen) atoms. The minimum absolute atomic E-state index is 0.813. The number of aryl methyl sites for hydroxylation is 3. The standard InChI is InChI=1S/C19H22O/c1-15-13-19(20-14-17-7-8-17)12-11-18(15)10-9-16-5-3-2-4-6-16/h2-6,11-13,17H,7-10,14H2,1H3. The monoisotopic (exact) mass is 266 g/mol. The van der Waals surface area contributed by atoms with Crippen molar-refractivity contribution in [3.8, 4) is 5.75 Å². The molecule has 0 spiro atoms. The molecule has 3 rings (SSSR count). The van der Waals surface area contributed by atoms with Crippen molar-refractivity contribution in [3.05, 3.63) is 65.2 Å². The summed E-state index contributed by atoms with van der Waals surface area (Å²) in [4.78, 5) is 0. The summed E-state index contributed by atoms with van der Waals surface area (Å²) in [6.45, 7) is 3.08. The fraction of sp³-hybridized carbons (Fsp3) is 0.368. The lowest BCUT2D eigenvalue weighted by atomic mass is 10.0. The van der Waals surface area contributed by atoms with Crippen molar-refractivity contribution < 1.29 is 4.74 Å². The molecule has 0 N–H and O–H groups in total. The summed E-state index contributed by atoms with van der Waals surface area (Å²) in [6, 6.07) is 17.2. The first kappa shape index (κ1) is 13.2. The Bertz CT molecular complexity index is 555. The molecule has 0 heterocycles. The summed E-state index contributed by atoms with van der Waals surface area (Å²) < 4.78 is 5.83. The lowest BCUT2D eigenvalue weighted by molar-refractivity contribution is 0.299. The number of hydrogen-bond acceptors (Lipinski definition) is 1. The highest BCUT2D eigenvalue weighted by atomic mass is 16.5. The van der Waals surface area contributed by atoms with E-state index >= 15 is 0 Å². The zero-order valence-corrected chi connectivity index (χ0v) is 12.1. The molecule has 0 aromatic heterocycles. The minimum Gasteiger partial charge on any atom is -0.493 e. The molecule has 0 bridgehead atoms. The van der Waals surface area contributed by atoms with Crippen LogP contribution in [0.4, 0.5) is 0 Å². The Kier molecular flexibility index (Phi) is 4.05. The smallest absolute Gasteiger partial charge is 0.119 e. The summed E-state index contributed by atoms with van der Waals surface area (Å²) in [5.74, 6) is 1.84.